The van der Waals surface area contributed by atoms with Crippen molar-refractivity contribution in [1.29, 1.82) is 0 Å². The summed E-state index contributed by atoms with van der Waals surface area (Å²) < 4.78 is 40.6. The Balaban J connectivity index is 0.00000144. The Morgan fingerprint density at radius 1 is 1.47 bits per heavy atom. The molecule has 0 amide bonds. The van der Waals surface area contributed by atoms with Gasteiger partial charge in [0.1, 0.15) is 12.7 Å². The quantitative estimate of drug-likeness (QED) is 0.551. The Labute approximate surface area is 148 Å². The molecule has 8 heteroatoms. The van der Waals surface area contributed by atoms with Gasteiger partial charge >= 0.3 is 51.4 Å². The van der Waals surface area contributed by atoms with Gasteiger partial charge in [0.15, 0.2) is 11.5 Å². The summed E-state index contributed by atoms with van der Waals surface area (Å²) in [4.78, 5) is 0. The summed E-state index contributed by atoms with van der Waals surface area (Å²) in [7, 11) is -3.87. The molecule has 1 aliphatic rings. The molecule has 1 unspecified atom stereocenters. The van der Waals surface area contributed by atoms with Crippen LogP contribution >= 0.6 is 11.3 Å². The molecule has 1 N–H and O–H groups in total. The molecule has 0 bridgehead atoms. The van der Waals surface area contributed by atoms with Crippen LogP contribution in [0.4, 0.5) is 0 Å². The molecule has 0 aromatic carbocycles. The fraction of sp³-hybridized carbons (Fsp3) is 0.556. The zero-order valence-electron chi connectivity index (χ0n) is 10.5. The molecular formula is C9H13KO5S2. The van der Waals surface area contributed by atoms with Gasteiger partial charge in [-0.05, 0) is 12.8 Å². The Morgan fingerprint density at radius 2 is 2.18 bits per heavy atom. The minimum Gasteiger partial charge on any atom is -1.00 e. The first-order valence-corrected chi connectivity index (χ1v) is 7.40. The first kappa shape index (κ1) is 15.9. The molecule has 0 saturated heterocycles. The Kier molecular flexibility index (Phi) is 6.41. The first-order chi connectivity index (χ1) is 7.54. The zero-order chi connectivity index (χ0) is 11.6. The topological polar surface area (TPSA) is 72.8 Å². The van der Waals surface area contributed by atoms with Crippen molar-refractivity contribution < 1.29 is 75.3 Å². The minimum atomic E-state index is -3.87. The van der Waals surface area contributed by atoms with Crippen molar-refractivity contribution >= 4 is 21.5 Å². The molecule has 0 spiro atoms. The number of rotatable bonds is 4. The summed E-state index contributed by atoms with van der Waals surface area (Å²) in [6.07, 6.45) is 0.783. The number of thiophene rings is 1. The predicted octanol–water partition coefficient (Wildman–Crippen LogP) is -1.33. The zero-order valence-corrected chi connectivity index (χ0v) is 14.2. The average molecular weight is 304 g/mol. The van der Waals surface area contributed by atoms with Crippen LogP contribution in [0.3, 0.4) is 0 Å². The van der Waals surface area contributed by atoms with E-state index < -0.39 is 10.1 Å². The number of hydrogen-bond acceptors (Lipinski definition) is 5. The van der Waals surface area contributed by atoms with E-state index >= 15 is 0 Å². The maximum Gasteiger partial charge on any atom is 1.00 e. The molecule has 1 atom stereocenters. The van der Waals surface area contributed by atoms with Crippen molar-refractivity contribution in [2.45, 2.75) is 18.9 Å². The summed E-state index contributed by atoms with van der Waals surface area (Å²) in [5, 5.41) is 3.72. The second-order valence-corrected chi connectivity index (χ2v) is 5.90. The third-order valence-corrected chi connectivity index (χ3v) is 3.74. The predicted molar refractivity (Wildman–Crippen MR) is 61.0 cm³/mol. The Bertz CT molecular complexity index is 461. The van der Waals surface area contributed by atoms with E-state index in [1.165, 1.54) is 11.3 Å². The maximum atomic E-state index is 10.5. The molecule has 0 radical (unpaired) electrons. The molecule has 5 nitrogen and oxygen atoms in total. The largest absolute Gasteiger partial charge is 1.00 e. The maximum absolute atomic E-state index is 10.5. The summed E-state index contributed by atoms with van der Waals surface area (Å²) in [6, 6.07) is 0. The van der Waals surface area contributed by atoms with Gasteiger partial charge in [0, 0.05) is 10.8 Å². The van der Waals surface area contributed by atoms with E-state index in [0.29, 0.717) is 25.2 Å². The van der Waals surface area contributed by atoms with Crippen LogP contribution in [0.15, 0.2) is 10.8 Å². The average Bonchev–Trinajstić information content (AvgIpc) is 2.62. The first-order valence-electron chi connectivity index (χ1n) is 4.85. The van der Waals surface area contributed by atoms with Crippen LogP contribution in [-0.2, 0) is 10.1 Å². The van der Waals surface area contributed by atoms with Crippen LogP contribution in [0.25, 0.3) is 0 Å². The fourth-order valence-corrected chi connectivity index (χ4v) is 2.70. The third kappa shape index (κ3) is 5.15. The van der Waals surface area contributed by atoms with E-state index in [9.17, 15) is 8.42 Å². The van der Waals surface area contributed by atoms with Gasteiger partial charge < -0.3 is 10.9 Å². The molecule has 0 fully saturated rings. The van der Waals surface area contributed by atoms with Gasteiger partial charge in [-0.15, -0.1) is 11.3 Å². The molecule has 1 aromatic heterocycles. The van der Waals surface area contributed by atoms with Gasteiger partial charge in [-0.2, -0.15) is 8.42 Å². The molecule has 17 heavy (non-hydrogen) atoms. The van der Waals surface area contributed by atoms with E-state index in [4.69, 9.17) is 14.0 Å². The molecule has 2 rings (SSSR count). The number of hydrogen-bond donors (Lipinski definition) is 1. The second-order valence-electron chi connectivity index (χ2n) is 3.58. The summed E-state index contributed by atoms with van der Waals surface area (Å²) >= 11 is 1.50. The van der Waals surface area contributed by atoms with Gasteiger partial charge in [0.25, 0.3) is 10.1 Å². The van der Waals surface area contributed by atoms with E-state index in [0.717, 1.165) is 5.75 Å². The fourth-order valence-electron chi connectivity index (χ4n) is 1.50. The Hall–Kier alpha value is 0.846. The molecule has 92 valence electrons. The molecule has 2 heterocycles. The monoisotopic (exact) mass is 304 g/mol. The normalized spacial score (nSPS) is 18.5. The van der Waals surface area contributed by atoms with Crippen LogP contribution in [0, 0.1) is 0 Å². The van der Waals surface area contributed by atoms with Gasteiger partial charge in [-0.3, -0.25) is 4.55 Å². The molecular weight excluding hydrogens is 291 g/mol. The van der Waals surface area contributed by atoms with Gasteiger partial charge in [-0.1, -0.05) is 0 Å². The van der Waals surface area contributed by atoms with Crippen molar-refractivity contribution in [3.8, 4) is 11.5 Å². The second kappa shape index (κ2) is 6.85. The molecule has 1 aliphatic heterocycles. The van der Waals surface area contributed by atoms with Crippen LogP contribution in [0.2, 0.25) is 0 Å². The molecule has 0 saturated carbocycles. The smallest absolute Gasteiger partial charge is 1.00 e. The van der Waals surface area contributed by atoms with Crippen LogP contribution < -0.4 is 60.9 Å². The van der Waals surface area contributed by atoms with Gasteiger partial charge in [0.05, 0.1) is 5.75 Å². The summed E-state index contributed by atoms with van der Waals surface area (Å²) in [5.74, 6) is 1.23. The van der Waals surface area contributed by atoms with Gasteiger partial charge in [0.2, 0.25) is 0 Å². The van der Waals surface area contributed by atoms with Crippen LogP contribution in [-0.4, -0.2) is 31.4 Å². The molecule has 0 aliphatic carbocycles. The van der Waals surface area contributed by atoms with E-state index in [-0.39, 0.29) is 64.7 Å². The number of ether oxygens (including phenoxy) is 2. The van der Waals surface area contributed by atoms with Crippen molar-refractivity contribution in [1.82, 2.24) is 0 Å². The van der Waals surface area contributed by atoms with Crippen molar-refractivity contribution in [3.63, 3.8) is 0 Å². The summed E-state index contributed by atoms with van der Waals surface area (Å²) in [5.41, 5.74) is 0. The van der Waals surface area contributed by atoms with Crippen LogP contribution in [0.5, 0.6) is 11.5 Å². The van der Waals surface area contributed by atoms with E-state index in [2.05, 4.69) is 0 Å². The van der Waals surface area contributed by atoms with Crippen molar-refractivity contribution in [2.75, 3.05) is 12.4 Å². The SMILES string of the molecule is O=S(=O)(O)CCCC1COc2cscc2O1.[H-].[K+]. The van der Waals surface area contributed by atoms with E-state index in [1.807, 2.05) is 10.8 Å². The Morgan fingerprint density at radius 3 is 2.88 bits per heavy atom. The summed E-state index contributed by atoms with van der Waals surface area (Å²) in [6.45, 7) is 0.426. The molecule has 1 aromatic rings. The van der Waals surface area contributed by atoms with Crippen LogP contribution in [0.1, 0.15) is 14.3 Å². The number of fused-ring (bicyclic) bond motifs is 1. The van der Waals surface area contributed by atoms with Crippen molar-refractivity contribution in [3.05, 3.63) is 10.8 Å². The third-order valence-electron chi connectivity index (χ3n) is 2.24. The standard InChI is InChI=1S/C9H12O5S2.K.H/c10-16(11,12)3-1-2-7-4-13-8-5-15-6-9(8)14-7;;/h5-7H,1-4H2,(H,10,11,12);;/q;+1;-1. The van der Waals surface area contributed by atoms with E-state index in [1.54, 1.807) is 0 Å². The minimum absolute atomic E-state index is 0. The van der Waals surface area contributed by atoms with Gasteiger partial charge in [-0.25, -0.2) is 0 Å². The van der Waals surface area contributed by atoms with Crippen molar-refractivity contribution in [2.24, 2.45) is 0 Å².